The summed E-state index contributed by atoms with van der Waals surface area (Å²) in [6, 6.07) is 1.56. The van der Waals surface area contributed by atoms with Crippen LogP contribution in [0.15, 0.2) is 0 Å². The maximum absolute atomic E-state index is 5.88. The van der Waals surface area contributed by atoms with E-state index in [2.05, 4.69) is 25.7 Å². The summed E-state index contributed by atoms with van der Waals surface area (Å²) in [6.07, 6.45) is 8.31. The van der Waals surface area contributed by atoms with E-state index in [4.69, 9.17) is 5.73 Å². The average Bonchev–Trinajstić information content (AvgIpc) is 2.30. The van der Waals surface area contributed by atoms with Gasteiger partial charge < -0.3 is 5.73 Å². The summed E-state index contributed by atoms with van der Waals surface area (Å²) in [7, 11) is 0. The van der Waals surface area contributed by atoms with Gasteiger partial charge in [-0.15, -0.1) is 0 Å². The van der Waals surface area contributed by atoms with Gasteiger partial charge in [0.25, 0.3) is 0 Å². The highest BCUT2D eigenvalue weighted by molar-refractivity contribution is 4.94. The van der Waals surface area contributed by atoms with Gasteiger partial charge >= 0.3 is 0 Å². The van der Waals surface area contributed by atoms with Crippen LogP contribution >= 0.6 is 0 Å². The Morgan fingerprint density at radius 2 is 1.94 bits per heavy atom. The highest BCUT2D eigenvalue weighted by atomic mass is 15.2. The summed E-state index contributed by atoms with van der Waals surface area (Å²) < 4.78 is 0. The highest BCUT2D eigenvalue weighted by Gasteiger charge is 2.39. The summed E-state index contributed by atoms with van der Waals surface area (Å²) >= 11 is 0. The predicted octanol–water partition coefficient (Wildman–Crippen LogP) is 3.01. The second kappa shape index (κ2) is 5.27. The quantitative estimate of drug-likeness (QED) is 0.801. The van der Waals surface area contributed by atoms with E-state index in [-0.39, 0.29) is 0 Å². The van der Waals surface area contributed by atoms with Crippen molar-refractivity contribution >= 4 is 0 Å². The van der Waals surface area contributed by atoms with E-state index < -0.39 is 0 Å². The van der Waals surface area contributed by atoms with Gasteiger partial charge in [0.1, 0.15) is 0 Å². The molecule has 0 amide bonds. The Labute approximate surface area is 107 Å². The van der Waals surface area contributed by atoms with Crippen LogP contribution in [0.25, 0.3) is 0 Å². The monoisotopic (exact) mass is 238 g/mol. The van der Waals surface area contributed by atoms with Gasteiger partial charge in [-0.1, -0.05) is 26.7 Å². The summed E-state index contributed by atoms with van der Waals surface area (Å²) in [5, 5.41) is 0. The Bertz CT molecular complexity index is 249. The highest BCUT2D eigenvalue weighted by Crippen LogP contribution is 2.41. The Kier molecular flexibility index (Phi) is 4.14. The standard InChI is InChI=1S/C15H30N2/c1-12-7-8-13(10-16)11-17(12)14-6-4-5-9-15(14,2)3/h12-14H,4-11,16H2,1-3H3. The van der Waals surface area contributed by atoms with Gasteiger partial charge in [0.2, 0.25) is 0 Å². The van der Waals surface area contributed by atoms with E-state index in [0.717, 1.165) is 24.5 Å². The molecule has 0 aromatic heterocycles. The minimum Gasteiger partial charge on any atom is -0.330 e. The first-order valence-corrected chi connectivity index (χ1v) is 7.50. The van der Waals surface area contributed by atoms with Crippen LogP contribution in [0.1, 0.15) is 59.3 Å². The Morgan fingerprint density at radius 1 is 1.18 bits per heavy atom. The maximum atomic E-state index is 5.88. The molecule has 2 rings (SSSR count). The molecule has 1 saturated carbocycles. The number of nitrogens with two attached hydrogens (primary N) is 1. The van der Waals surface area contributed by atoms with Crippen LogP contribution < -0.4 is 5.73 Å². The molecule has 100 valence electrons. The summed E-state index contributed by atoms with van der Waals surface area (Å²) in [6.45, 7) is 9.46. The molecule has 1 saturated heterocycles. The molecule has 3 atom stereocenters. The third-order valence-electron chi connectivity index (χ3n) is 5.21. The van der Waals surface area contributed by atoms with Gasteiger partial charge in [-0.25, -0.2) is 0 Å². The number of piperidine rings is 1. The fraction of sp³-hybridized carbons (Fsp3) is 1.00. The number of hydrogen-bond donors (Lipinski definition) is 1. The molecule has 0 spiro atoms. The molecule has 0 bridgehead atoms. The van der Waals surface area contributed by atoms with Crippen LogP contribution in [-0.2, 0) is 0 Å². The van der Waals surface area contributed by atoms with E-state index in [1.54, 1.807) is 0 Å². The molecule has 2 fully saturated rings. The second-order valence-electron chi connectivity index (χ2n) is 6.98. The smallest absolute Gasteiger partial charge is 0.0149 e. The van der Waals surface area contributed by atoms with Crippen molar-refractivity contribution in [3.8, 4) is 0 Å². The zero-order valence-corrected chi connectivity index (χ0v) is 11.9. The Morgan fingerprint density at radius 3 is 2.59 bits per heavy atom. The lowest BCUT2D eigenvalue weighted by atomic mass is 9.71. The van der Waals surface area contributed by atoms with Crippen molar-refractivity contribution in [3.63, 3.8) is 0 Å². The molecule has 3 unspecified atom stereocenters. The third kappa shape index (κ3) is 2.85. The first kappa shape index (κ1) is 13.4. The van der Waals surface area contributed by atoms with Crippen molar-refractivity contribution < 1.29 is 0 Å². The van der Waals surface area contributed by atoms with Gasteiger partial charge in [-0.3, -0.25) is 4.90 Å². The molecule has 0 aromatic rings. The zero-order valence-electron chi connectivity index (χ0n) is 11.9. The van der Waals surface area contributed by atoms with Crippen molar-refractivity contribution in [1.82, 2.24) is 4.90 Å². The van der Waals surface area contributed by atoms with Crippen molar-refractivity contribution in [2.75, 3.05) is 13.1 Å². The van der Waals surface area contributed by atoms with Gasteiger partial charge in [0.05, 0.1) is 0 Å². The van der Waals surface area contributed by atoms with Crippen molar-refractivity contribution in [2.24, 2.45) is 17.1 Å². The lowest BCUT2D eigenvalue weighted by Crippen LogP contribution is -2.55. The second-order valence-corrected chi connectivity index (χ2v) is 6.98. The minimum absolute atomic E-state index is 0.503. The number of hydrogen-bond acceptors (Lipinski definition) is 2. The molecular formula is C15H30N2. The van der Waals surface area contributed by atoms with Crippen LogP contribution in [-0.4, -0.2) is 30.1 Å². The number of nitrogens with zero attached hydrogens (tertiary/aromatic N) is 1. The fourth-order valence-electron chi connectivity index (χ4n) is 3.93. The third-order valence-corrected chi connectivity index (χ3v) is 5.21. The Balaban J connectivity index is 2.07. The molecule has 1 aliphatic heterocycles. The number of rotatable bonds is 2. The van der Waals surface area contributed by atoms with E-state index in [1.807, 2.05) is 0 Å². The molecule has 2 nitrogen and oxygen atoms in total. The lowest BCUT2D eigenvalue weighted by molar-refractivity contribution is -0.00926. The molecule has 2 N–H and O–H groups in total. The van der Waals surface area contributed by atoms with Gasteiger partial charge in [-0.05, 0) is 50.5 Å². The molecule has 0 radical (unpaired) electrons. The predicted molar refractivity (Wildman–Crippen MR) is 74.0 cm³/mol. The van der Waals surface area contributed by atoms with Gasteiger partial charge in [0.15, 0.2) is 0 Å². The molecule has 0 aromatic carbocycles. The van der Waals surface area contributed by atoms with Crippen molar-refractivity contribution in [1.29, 1.82) is 0 Å². The minimum atomic E-state index is 0.503. The van der Waals surface area contributed by atoms with Crippen LogP contribution in [0, 0.1) is 11.3 Å². The van der Waals surface area contributed by atoms with E-state index in [1.165, 1.54) is 45.1 Å². The van der Waals surface area contributed by atoms with E-state index in [0.29, 0.717) is 5.41 Å². The van der Waals surface area contributed by atoms with Crippen molar-refractivity contribution in [3.05, 3.63) is 0 Å². The van der Waals surface area contributed by atoms with Crippen LogP contribution in [0.4, 0.5) is 0 Å². The topological polar surface area (TPSA) is 29.3 Å². The van der Waals surface area contributed by atoms with Crippen LogP contribution in [0.3, 0.4) is 0 Å². The molecule has 1 aliphatic carbocycles. The Hall–Kier alpha value is -0.0800. The van der Waals surface area contributed by atoms with E-state index in [9.17, 15) is 0 Å². The van der Waals surface area contributed by atoms with Crippen molar-refractivity contribution in [2.45, 2.75) is 71.4 Å². The summed E-state index contributed by atoms with van der Waals surface area (Å²) in [5.41, 5.74) is 6.38. The van der Waals surface area contributed by atoms with Crippen LogP contribution in [0.2, 0.25) is 0 Å². The largest absolute Gasteiger partial charge is 0.330 e. The zero-order chi connectivity index (χ0) is 12.5. The lowest BCUT2D eigenvalue weighted by Gasteiger charge is -2.51. The first-order valence-electron chi connectivity index (χ1n) is 7.50. The maximum Gasteiger partial charge on any atom is 0.0149 e. The summed E-state index contributed by atoms with van der Waals surface area (Å²) in [5.74, 6) is 0.740. The molecule has 17 heavy (non-hydrogen) atoms. The fourth-order valence-corrected chi connectivity index (χ4v) is 3.93. The molecule has 2 aliphatic rings. The normalized spacial score (nSPS) is 39.2. The average molecular weight is 238 g/mol. The first-order chi connectivity index (χ1) is 8.04. The van der Waals surface area contributed by atoms with Gasteiger partial charge in [0, 0.05) is 18.6 Å². The molecular weight excluding hydrogens is 208 g/mol. The van der Waals surface area contributed by atoms with Gasteiger partial charge in [-0.2, -0.15) is 0 Å². The SMILES string of the molecule is CC1CCC(CN)CN1C1CCCCC1(C)C. The molecule has 1 heterocycles. The van der Waals surface area contributed by atoms with Crippen LogP contribution in [0.5, 0.6) is 0 Å². The van der Waals surface area contributed by atoms with E-state index >= 15 is 0 Å². The summed E-state index contributed by atoms with van der Waals surface area (Å²) in [4.78, 5) is 2.79. The molecule has 2 heteroatoms. The number of likely N-dealkylation sites (tertiary alicyclic amines) is 1.